The van der Waals surface area contributed by atoms with Gasteiger partial charge in [0.15, 0.2) is 0 Å². The summed E-state index contributed by atoms with van der Waals surface area (Å²) >= 11 is 0. The van der Waals surface area contributed by atoms with E-state index in [1.54, 1.807) is 0 Å². The molecule has 1 aliphatic heterocycles. The van der Waals surface area contributed by atoms with Crippen LogP contribution in [0.25, 0.3) is 0 Å². The minimum absolute atomic E-state index is 0.247. The van der Waals surface area contributed by atoms with E-state index >= 15 is 0 Å². The Morgan fingerprint density at radius 2 is 2.00 bits per heavy atom. The average molecular weight is 291 g/mol. The van der Waals surface area contributed by atoms with Crippen molar-refractivity contribution in [3.63, 3.8) is 0 Å². The van der Waals surface area contributed by atoms with E-state index in [1.165, 1.54) is 25.1 Å². The molecule has 3 rings (SSSR count). The summed E-state index contributed by atoms with van der Waals surface area (Å²) < 4.78 is 6.12. The van der Waals surface area contributed by atoms with Crippen LogP contribution in [0, 0.1) is 5.92 Å². The monoisotopic (exact) mass is 291 g/mol. The Bertz CT molecular complexity index is 451. The topological polar surface area (TPSA) is 45.6 Å². The summed E-state index contributed by atoms with van der Waals surface area (Å²) in [5, 5.41) is 0. The van der Waals surface area contributed by atoms with Crippen LogP contribution < -0.4 is 5.73 Å². The predicted octanol–water partition coefficient (Wildman–Crippen LogP) is 2.43. The fourth-order valence-corrected chi connectivity index (χ4v) is 3.53. The molecule has 0 amide bonds. The third kappa shape index (κ3) is 3.33. The number of nitrogens with two attached hydrogens (primary N) is 1. The summed E-state index contributed by atoms with van der Waals surface area (Å²) in [5.41, 5.74) is 6.04. The summed E-state index contributed by atoms with van der Waals surface area (Å²) in [4.78, 5) is 5.04. The molecule has 2 fully saturated rings. The van der Waals surface area contributed by atoms with Crippen molar-refractivity contribution in [2.75, 3.05) is 39.3 Å². The van der Waals surface area contributed by atoms with Crippen molar-refractivity contribution in [2.24, 2.45) is 11.7 Å². The van der Waals surface area contributed by atoms with Crippen LogP contribution in [0.1, 0.15) is 50.2 Å². The molecule has 1 aromatic heterocycles. The summed E-state index contributed by atoms with van der Waals surface area (Å²) in [6.07, 6.45) is 2.51. The second-order valence-corrected chi connectivity index (χ2v) is 6.69. The average Bonchev–Trinajstić information content (AvgIpc) is 3.03. The second kappa shape index (κ2) is 6.51. The maximum atomic E-state index is 6.12. The minimum Gasteiger partial charge on any atom is -0.464 e. The zero-order chi connectivity index (χ0) is 14.8. The third-order valence-corrected chi connectivity index (χ3v) is 5.06. The fraction of sp³-hybridized carbons (Fsp3) is 0.765. The Kier molecular flexibility index (Phi) is 4.67. The number of hydrogen-bond acceptors (Lipinski definition) is 4. The Morgan fingerprint density at radius 3 is 2.57 bits per heavy atom. The molecule has 0 radical (unpaired) electrons. The molecule has 21 heavy (non-hydrogen) atoms. The third-order valence-electron chi connectivity index (χ3n) is 5.06. The number of rotatable bonds is 6. The van der Waals surface area contributed by atoms with E-state index in [0.29, 0.717) is 12.5 Å². The van der Waals surface area contributed by atoms with Gasteiger partial charge in [-0.15, -0.1) is 0 Å². The molecule has 4 heteroatoms. The van der Waals surface area contributed by atoms with Crippen LogP contribution in [0.15, 0.2) is 16.5 Å². The molecule has 4 nitrogen and oxygen atoms in total. The zero-order valence-electron chi connectivity index (χ0n) is 13.4. The van der Waals surface area contributed by atoms with E-state index in [-0.39, 0.29) is 6.04 Å². The Balaban J connectivity index is 1.61. The molecule has 1 aromatic rings. The van der Waals surface area contributed by atoms with Crippen LogP contribution in [0.5, 0.6) is 0 Å². The van der Waals surface area contributed by atoms with E-state index in [4.69, 9.17) is 10.2 Å². The number of hydrogen-bond donors (Lipinski definition) is 1. The molecule has 118 valence electrons. The van der Waals surface area contributed by atoms with E-state index in [2.05, 4.69) is 35.8 Å². The summed E-state index contributed by atoms with van der Waals surface area (Å²) in [5.74, 6) is 3.67. The van der Waals surface area contributed by atoms with Gasteiger partial charge in [-0.2, -0.15) is 0 Å². The van der Waals surface area contributed by atoms with Gasteiger partial charge in [-0.05, 0) is 37.4 Å². The van der Waals surface area contributed by atoms with Crippen LogP contribution in [0.4, 0.5) is 0 Å². The molecular weight excluding hydrogens is 262 g/mol. The highest BCUT2D eigenvalue weighted by molar-refractivity contribution is 5.19. The van der Waals surface area contributed by atoms with Crippen molar-refractivity contribution in [3.8, 4) is 0 Å². The van der Waals surface area contributed by atoms with Gasteiger partial charge in [-0.3, -0.25) is 4.90 Å². The lowest BCUT2D eigenvalue weighted by molar-refractivity contribution is 0.0890. The first kappa shape index (κ1) is 15.1. The van der Waals surface area contributed by atoms with Crippen LogP contribution in [0.3, 0.4) is 0 Å². The SMILES string of the molecule is CCCN1CCN(C(CN)c2ccc(C3CC3C)o2)CC1. The van der Waals surface area contributed by atoms with Crippen molar-refractivity contribution in [1.29, 1.82) is 0 Å². The van der Waals surface area contributed by atoms with Crippen LogP contribution in [0.2, 0.25) is 0 Å². The van der Waals surface area contributed by atoms with Gasteiger partial charge in [0, 0.05) is 38.6 Å². The van der Waals surface area contributed by atoms with Crippen molar-refractivity contribution >= 4 is 0 Å². The lowest BCUT2D eigenvalue weighted by Gasteiger charge is -2.38. The Labute approximate surface area is 128 Å². The Hall–Kier alpha value is -0.840. The first-order valence-electron chi connectivity index (χ1n) is 8.49. The molecule has 2 aliphatic rings. The van der Waals surface area contributed by atoms with E-state index in [9.17, 15) is 0 Å². The van der Waals surface area contributed by atoms with Gasteiger partial charge in [-0.25, -0.2) is 0 Å². The summed E-state index contributed by atoms with van der Waals surface area (Å²) in [6.45, 7) is 10.9. The highest BCUT2D eigenvalue weighted by Crippen LogP contribution is 2.47. The van der Waals surface area contributed by atoms with E-state index in [0.717, 1.165) is 37.9 Å². The lowest BCUT2D eigenvalue weighted by atomic mass is 10.1. The zero-order valence-corrected chi connectivity index (χ0v) is 13.4. The first-order chi connectivity index (χ1) is 10.2. The van der Waals surface area contributed by atoms with Crippen molar-refractivity contribution in [1.82, 2.24) is 9.80 Å². The van der Waals surface area contributed by atoms with Gasteiger partial charge in [0.1, 0.15) is 11.5 Å². The minimum atomic E-state index is 0.247. The maximum Gasteiger partial charge on any atom is 0.122 e. The van der Waals surface area contributed by atoms with Gasteiger partial charge < -0.3 is 15.1 Å². The number of furan rings is 1. The van der Waals surface area contributed by atoms with Crippen molar-refractivity contribution < 1.29 is 4.42 Å². The van der Waals surface area contributed by atoms with E-state index < -0.39 is 0 Å². The van der Waals surface area contributed by atoms with Gasteiger partial charge >= 0.3 is 0 Å². The standard InChI is InChI=1S/C17H29N3O/c1-3-6-19-7-9-20(10-8-19)15(12-18)17-5-4-16(21-17)14-11-13(14)2/h4-5,13-15H,3,6-12,18H2,1-2H3. The highest BCUT2D eigenvalue weighted by Gasteiger charge is 2.37. The fourth-order valence-electron chi connectivity index (χ4n) is 3.53. The molecule has 2 N–H and O–H groups in total. The molecule has 1 saturated heterocycles. The van der Waals surface area contributed by atoms with Crippen molar-refractivity contribution in [3.05, 3.63) is 23.7 Å². The highest BCUT2D eigenvalue weighted by atomic mass is 16.3. The van der Waals surface area contributed by atoms with Gasteiger partial charge in [0.2, 0.25) is 0 Å². The van der Waals surface area contributed by atoms with Crippen molar-refractivity contribution in [2.45, 2.75) is 38.6 Å². The van der Waals surface area contributed by atoms with Gasteiger partial charge in [0.25, 0.3) is 0 Å². The van der Waals surface area contributed by atoms with E-state index in [1.807, 2.05) is 0 Å². The quantitative estimate of drug-likeness (QED) is 0.874. The summed E-state index contributed by atoms with van der Waals surface area (Å²) in [6, 6.07) is 4.56. The van der Waals surface area contributed by atoms with Crippen LogP contribution in [-0.4, -0.2) is 49.1 Å². The number of nitrogens with zero attached hydrogens (tertiary/aromatic N) is 2. The maximum absolute atomic E-state index is 6.12. The largest absolute Gasteiger partial charge is 0.464 e. The van der Waals surface area contributed by atoms with Gasteiger partial charge in [0.05, 0.1) is 6.04 Å². The first-order valence-corrected chi connectivity index (χ1v) is 8.49. The molecule has 0 spiro atoms. The molecule has 2 heterocycles. The second-order valence-electron chi connectivity index (χ2n) is 6.69. The summed E-state index contributed by atoms with van der Waals surface area (Å²) in [7, 11) is 0. The van der Waals surface area contributed by atoms with Gasteiger partial charge in [-0.1, -0.05) is 13.8 Å². The number of piperazine rings is 1. The molecule has 3 atom stereocenters. The van der Waals surface area contributed by atoms with Crippen LogP contribution in [-0.2, 0) is 0 Å². The molecule has 0 bridgehead atoms. The molecule has 1 aliphatic carbocycles. The molecular formula is C17H29N3O. The van der Waals surface area contributed by atoms with Crippen LogP contribution >= 0.6 is 0 Å². The lowest BCUT2D eigenvalue weighted by Crippen LogP contribution is -2.49. The Morgan fingerprint density at radius 1 is 1.29 bits per heavy atom. The molecule has 3 unspecified atom stereocenters. The molecule has 1 saturated carbocycles. The normalized spacial score (nSPS) is 28.7. The predicted molar refractivity (Wildman–Crippen MR) is 85.3 cm³/mol. The smallest absolute Gasteiger partial charge is 0.122 e. The molecule has 0 aromatic carbocycles.